The summed E-state index contributed by atoms with van der Waals surface area (Å²) in [5.41, 5.74) is 2.93. The first-order valence-electron chi connectivity index (χ1n) is 8.19. The van der Waals surface area contributed by atoms with Gasteiger partial charge in [-0.05, 0) is 31.2 Å². The van der Waals surface area contributed by atoms with E-state index < -0.39 is 0 Å². The molecule has 0 saturated heterocycles. The van der Waals surface area contributed by atoms with Gasteiger partial charge in [-0.3, -0.25) is 0 Å². The molecule has 0 unspecified atom stereocenters. The summed E-state index contributed by atoms with van der Waals surface area (Å²) in [7, 11) is 1.85. The predicted octanol–water partition coefficient (Wildman–Crippen LogP) is 3.89. The summed E-state index contributed by atoms with van der Waals surface area (Å²) in [5.74, 6) is 0.497. The third kappa shape index (κ3) is 3.20. The second-order valence-electron chi connectivity index (χ2n) is 5.77. The lowest BCUT2D eigenvalue weighted by Gasteiger charge is -2.23. The Morgan fingerprint density at radius 2 is 1.84 bits per heavy atom. The molecule has 0 aliphatic heterocycles. The minimum absolute atomic E-state index is 0.0200. The molecule has 3 aromatic rings. The van der Waals surface area contributed by atoms with Crippen molar-refractivity contribution in [3.05, 3.63) is 66.2 Å². The Balaban J connectivity index is 2.00. The number of likely N-dealkylation sites (N-methyl/N-ethyl adjacent to an activating group) is 1. The van der Waals surface area contributed by atoms with Crippen LogP contribution in [0, 0.1) is 11.3 Å². The van der Waals surface area contributed by atoms with Gasteiger partial charge in [0, 0.05) is 19.3 Å². The van der Waals surface area contributed by atoms with E-state index in [0.29, 0.717) is 5.82 Å². The molecule has 1 N–H and O–H groups in total. The molecular weight excluding hydrogens is 312 g/mol. The maximum atomic E-state index is 10.6. The molecule has 0 spiro atoms. The van der Waals surface area contributed by atoms with Gasteiger partial charge in [0.2, 0.25) is 0 Å². The van der Waals surface area contributed by atoms with Crippen molar-refractivity contribution in [2.45, 2.75) is 6.92 Å². The van der Waals surface area contributed by atoms with E-state index >= 15 is 0 Å². The van der Waals surface area contributed by atoms with Gasteiger partial charge in [-0.15, -0.1) is 0 Å². The zero-order valence-corrected chi connectivity index (χ0v) is 14.3. The van der Waals surface area contributed by atoms with Crippen LogP contribution in [-0.2, 0) is 7.05 Å². The smallest absolute Gasteiger partial charge is 0.155 e. The molecule has 0 fully saturated rings. The van der Waals surface area contributed by atoms with E-state index in [-0.39, 0.29) is 17.9 Å². The lowest BCUT2D eigenvalue weighted by atomic mass is 10.2. The summed E-state index contributed by atoms with van der Waals surface area (Å²) in [6, 6.07) is 19.6. The van der Waals surface area contributed by atoms with Gasteiger partial charge in [0.25, 0.3) is 0 Å². The summed E-state index contributed by atoms with van der Waals surface area (Å²) >= 11 is 0. The van der Waals surface area contributed by atoms with Crippen LogP contribution in [0.2, 0.25) is 0 Å². The van der Waals surface area contributed by atoms with Crippen molar-refractivity contribution >= 4 is 22.3 Å². The van der Waals surface area contributed by atoms with Crippen LogP contribution < -0.4 is 4.90 Å². The Morgan fingerprint density at radius 1 is 1.16 bits per heavy atom. The van der Waals surface area contributed by atoms with Gasteiger partial charge in [-0.1, -0.05) is 30.3 Å². The number of aliphatic hydroxyl groups is 1. The van der Waals surface area contributed by atoms with Crippen LogP contribution in [0.1, 0.15) is 12.7 Å². The fourth-order valence-corrected chi connectivity index (χ4v) is 2.90. The van der Waals surface area contributed by atoms with Crippen LogP contribution in [0.5, 0.6) is 0 Å². The van der Waals surface area contributed by atoms with Crippen molar-refractivity contribution in [1.82, 2.24) is 9.55 Å². The number of allylic oxidation sites excluding steroid dienone is 1. The van der Waals surface area contributed by atoms with Crippen molar-refractivity contribution in [3.63, 3.8) is 0 Å². The van der Waals surface area contributed by atoms with Crippen LogP contribution in [0.15, 0.2) is 60.4 Å². The maximum absolute atomic E-state index is 10.6. The zero-order valence-electron chi connectivity index (χ0n) is 14.3. The minimum atomic E-state index is 0.0200. The second kappa shape index (κ2) is 7.10. The number of anilines is 1. The standard InChI is InChI=1S/C20H20N4O/c1-3-24(15-9-5-4-6-10-15)14-19(25)16(13-21)20-22-17-11-7-8-12-18(17)23(20)2/h4-12,25H,3,14H2,1-2H3. The van der Waals surface area contributed by atoms with Gasteiger partial charge in [0.05, 0.1) is 17.6 Å². The Labute approximate surface area is 147 Å². The average molecular weight is 332 g/mol. The molecule has 0 aliphatic rings. The number of imidazole rings is 1. The number of para-hydroxylation sites is 3. The van der Waals surface area contributed by atoms with E-state index in [4.69, 9.17) is 0 Å². The summed E-state index contributed by atoms with van der Waals surface area (Å²) in [5, 5.41) is 20.3. The molecule has 0 amide bonds. The Morgan fingerprint density at radius 3 is 2.48 bits per heavy atom. The van der Waals surface area contributed by atoms with Gasteiger partial charge in [-0.25, -0.2) is 4.98 Å². The van der Waals surface area contributed by atoms with Crippen LogP contribution in [0.25, 0.3) is 16.6 Å². The van der Waals surface area contributed by atoms with Crippen molar-refractivity contribution in [2.75, 3.05) is 18.0 Å². The molecule has 0 aliphatic carbocycles. The van der Waals surface area contributed by atoms with Crippen LogP contribution in [0.3, 0.4) is 0 Å². The first-order chi connectivity index (χ1) is 12.2. The number of nitriles is 1. The number of aryl methyl sites for hydroxylation is 1. The summed E-state index contributed by atoms with van der Waals surface area (Å²) in [6.45, 7) is 2.99. The van der Waals surface area contributed by atoms with E-state index in [9.17, 15) is 10.4 Å². The molecule has 1 heterocycles. The second-order valence-corrected chi connectivity index (χ2v) is 5.77. The molecule has 5 heteroatoms. The molecule has 5 nitrogen and oxygen atoms in total. The highest BCUT2D eigenvalue weighted by Gasteiger charge is 2.18. The fourth-order valence-electron chi connectivity index (χ4n) is 2.90. The lowest BCUT2D eigenvalue weighted by molar-refractivity contribution is 0.402. The van der Waals surface area contributed by atoms with Gasteiger partial charge in [-0.2, -0.15) is 5.26 Å². The molecule has 126 valence electrons. The molecule has 25 heavy (non-hydrogen) atoms. The highest BCUT2D eigenvalue weighted by atomic mass is 16.3. The topological polar surface area (TPSA) is 65.1 Å². The van der Waals surface area contributed by atoms with E-state index in [2.05, 4.69) is 11.1 Å². The molecule has 0 atom stereocenters. The molecule has 0 radical (unpaired) electrons. The molecule has 1 aromatic heterocycles. The van der Waals surface area contributed by atoms with Crippen molar-refractivity contribution in [2.24, 2.45) is 7.05 Å². The zero-order chi connectivity index (χ0) is 17.8. The number of hydrogen-bond donors (Lipinski definition) is 1. The number of benzene rings is 2. The van der Waals surface area contributed by atoms with Gasteiger partial charge >= 0.3 is 0 Å². The minimum Gasteiger partial charge on any atom is -0.509 e. The summed E-state index contributed by atoms with van der Waals surface area (Å²) in [6.07, 6.45) is 0. The van der Waals surface area contributed by atoms with Crippen molar-refractivity contribution in [3.8, 4) is 6.07 Å². The van der Waals surface area contributed by atoms with Crippen molar-refractivity contribution in [1.29, 1.82) is 5.26 Å². The fraction of sp³-hybridized carbons (Fsp3) is 0.200. The molecule has 2 aromatic carbocycles. The van der Waals surface area contributed by atoms with Gasteiger partial charge in [0.15, 0.2) is 5.82 Å². The quantitative estimate of drug-likeness (QED) is 0.568. The number of nitrogens with zero attached hydrogens (tertiary/aromatic N) is 4. The lowest BCUT2D eigenvalue weighted by Crippen LogP contribution is -2.25. The van der Waals surface area contributed by atoms with Crippen LogP contribution >= 0.6 is 0 Å². The Hall–Kier alpha value is -3.26. The number of fused-ring (bicyclic) bond motifs is 1. The van der Waals surface area contributed by atoms with Crippen molar-refractivity contribution < 1.29 is 5.11 Å². The summed E-state index contributed by atoms with van der Waals surface area (Å²) < 4.78 is 1.84. The first-order valence-corrected chi connectivity index (χ1v) is 8.19. The number of rotatable bonds is 5. The molecule has 3 rings (SSSR count). The van der Waals surface area contributed by atoms with E-state index in [0.717, 1.165) is 23.3 Å². The van der Waals surface area contributed by atoms with E-state index in [1.54, 1.807) is 0 Å². The highest BCUT2D eigenvalue weighted by molar-refractivity contribution is 5.84. The Bertz CT molecular complexity index is 951. The molecular formula is C20H20N4O. The molecule has 0 bridgehead atoms. The van der Waals surface area contributed by atoms with Gasteiger partial charge in [0.1, 0.15) is 17.4 Å². The normalized spacial score (nSPS) is 11.9. The maximum Gasteiger partial charge on any atom is 0.155 e. The third-order valence-electron chi connectivity index (χ3n) is 4.25. The number of aliphatic hydroxyl groups excluding tert-OH is 1. The largest absolute Gasteiger partial charge is 0.509 e. The van der Waals surface area contributed by atoms with Gasteiger partial charge < -0.3 is 14.6 Å². The SMILES string of the molecule is CCN(CC(O)=C(C#N)c1nc2ccccc2n1C)c1ccccc1. The Kier molecular flexibility index (Phi) is 4.71. The number of hydrogen-bond acceptors (Lipinski definition) is 4. The monoisotopic (exact) mass is 332 g/mol. The highest BCUT2D eigenvalue weighted by Crippen LogP contribution is 2.23. The van der Waals surface area contributed by atoms with Crippen LogP contribution in [0.4, 0.5) is 5.69 Å². The van der Waals surface area contributed by atoms with E-state index in [1.165, 1.54) is 0 Å². The van der Waals surface area contributed by atoms with E-state index in [1.807, 2.05) is 78.0 Å². The van der Waals surface area contributed by atoms with Crippen LogP contribution in [-0.4, -0.2) is 27.7 Å². The molecule has 0 saturated carbocycles. The number of aromatic nitrogens is 2. The summed E-state index contributed by atoms with van der Waals surface area (Å²) in [4.78, 5) is 6.52. The third-order valence-corrected chi connectivity index (χ3v) is 4.25. The first kappa shape index (κ1) is 16.6. The predicted molar refractivity (Wildman–Crippen MR) is 100 cm³/mol. The average Bonchev–Trinajstić information content (AvgIpc) is 2.98.